The zero-order valence-corrected chi connectivity index (χ0v) is 9.53. The van der Waals surface area contributed by atoms with Crippen LogP contribution in [0.25, 0.3) is 0 Å². The number of sulfonamides is 1. The topological polar surface area (TPSA) is 90.9 Å². The molecule has 0 saturated heterocycles. The van der Waals surface area contributed by atoms with E-state index in [9.17, 15) is 8.42 Å². The van der Waals surface area contributed by atoms with E-state index in [4.69, 9.17) is 5.14 Å². The molecule has 1 aromatic rings. The van der Waals surface area contributed by atoms with Crippen LogP contribution in [0.1, 0.15) is 31.5 Å². The van der Waals surface area contributed by atoms with Gasteiger partial charge in [-0.25, -0.2) is 13.6 Å². The van der Waals surface area contributed by atoms with Crippen LogP contribution in [0, 0.1) is 5.92 Å². The molecule has 0 bridgehead atoms. The number of hydrogen-bond acceptors (Lipinski definition) is 4. The van der Waals surface area contributed by atoms with Crippen molar-refractivity contribution < 1.29 is 8.42 Å². The van der Waals surface area contributed by atoms with Gasteiger partial charge in [0.15, 0.2) is 0 Å². The molecule has 7 heteroatoms. The van der Waals surface area contributed by atoms with Crippen LogP contribution in [0.5, 0.6) is 0 Å². The molecule has 84 valence electrons. The van der Waals surface area contributed by atoms with E-state index in [0.29, 0.717) is 11.7 Å². The lowest BCUT2D eigenvalue weighted by molar-refractivity contribution is 0.561. The predicted molar refractivity (Wildman–Crippen MR) is 53.5 cm³/mol. The summed E-state index contributed by atoms with van der Waals surface area (Å²) < 4.78 is 23.7. The summed E-state index contributed by atoms with van der Waals surface area (Å²) in [6, 6.07) is 0. The van der Waals surface area contributed by atoms with Crippen molar-refractivity contribution in [2.45, 2.75) is 30.8 Å². The SMILES string of the molecule is CC(c1nnc(S(N)(=O)=O)n1C)C1CC1. The lowest BCUT2D eigenvalue weighted by atomic mass is 10.1. The number of primary sulfonamides is 1. The van der Waals surface area contributed by atoms with Crippen molar-refractivity contribution >= 4 is 10.0 Å². The van der Waals surface area contributed by atoms with E-state index in [2.05, 4.69) is 10.2 Å². The molecule has 1 fully saturated rings. The molecule has 1 unspecified atom stereocenters. The summed E-state index contributed by atoms with van der Waals surface area (Å²) in [5, 5.41) is 12.4. The molecule has 1 atom stereocenters. The third kappa shape index (κ3) is 1.89. The molecule has 2 N–H and O–H groups in total. The molecular formula is C8H14N4O2S. The third-order valence-corrected chi connectivity index (χ3v) is 3.72. The zero-order chi connectivity index (χ0) is 11.2. The molecule has 0 spiro atoms. The van der Waals surface area contributed by atoms with Crippen molar-refractivity contribution in [1.29, 1.82) is 0 Å². The van der Waals surface area contributed by atoms with Crippen molar-refractivity contribution in [3.63, 3.8) is 0 Å². The predicted octanol–water partition coefficient (Wildman–Crippen LogP) is -0.0240. The maximum Gasteiger partial charge on any atom is 0.273 e. The molecule has 15 heavy (non-hydrogen) atoms. The van der Waals surface area contributed by atoms with Crippen molar-refractivity contribution in [3.05, 3.63) is 5.82 Å². The second-order valence-corrected chi connectivity index (χ2v) is 5.53. The highest BCUT2D eigenvalue weighted by atomic mass is 32.2. The first-order valence-corrected chi connectivity index (χ1v) is 6.38. The quantitative estimate of drug-likeness (QED) is 0.789. The molecule has 1 saturated carbocycles. The lowest BCUT2D eigenvalue weighted by Crippen LogP contribution is -2.18. The summed E-state index contributed by atoms with van der Waals surface area (Å²) in [4.78, 5) is 0. The Morgan fingerprint density at radius 1 is 1.47 bits per heavy atom. The first kappa shape index (κ1) is 10.6. The molecule has 1 heterocycles. The van der Waals surface area contributed by atoms with E-state index < -0.39 is 10.0 Å². The number of hydrogen-bond donors (Lipinski definition) is 1. The van der Waals surface area contributed by atoms with Gasteiger partial charge >= 0.3 is 0 Å². The summed E-state index contributed by atoms with van der Waals surface area (Å²) in [6.07, 6.45) is 2.36. The molecule has 1 aliphatic carbocycles. The maximum atomic E-state index is 11.1. The molecule has 0 aliphatic heterocycles. The second-order valence-electron chi connectivity index (χ2n) is 4.07. The Kier molecular flexibility index (Phi) is 2.31. The fourth-order valence-corrected chi connectivity index (χ4v) is 2.41. The highest BCUT2D eigenvalue weighted by Crippen LogP contribution is 2.41. The first-order chi connectivity index (χ1) is 6.91. The molecule has 0 aromatic carbocycles. The van der Waals surface area contributed by atoms with E-state index in [-0.39, 0.29) is 11.1 Å². The van der Waals surface area contributed by atoms with E-state index in [0.717, 1.165) is 0 Å². The van der Waals surface area contributed by atoms with Gasteiger partial charge in [-0.1, -0.05) is 6.92 Å². The number of nitrogens with two attached hydrogens (primary N) is 1. The Bertz CT molecular complexity index is 475. The van der Waals surface area contributed by atoms with E-state index in [1.165, 1.54) is 17.4 Å². The van der Waals surface area contributed by atoms with Crippen LogP contribution >= 0.6 is 0 Å². The Hall–Kier alpha value is -0.950. The minimum absolute atomic E-state index is 0.162. The van der Waals surface area contributed by atoms with Gasteiger partial charge in [-0.3, -0.25) is 0 Å². The Morgan fingerprint density at radius 2 is 2.07 bits per heavy atom. The van der Waals surface area contributed by atoms with Crippen molar-refractivity contribution in [1.82, 2.24) is 14.8 Å². The van der Waals surface area contributed by atoms with E-state index in [1.54, 1.807) is 7.05 Å². The van der Waals surface area contributed by atoms with Gasteiger partial charge in [0, 0.05) is 13.0 Å². The van der Waals surface area contributed by atoms with E-state index in [1.807, 2.05) is 6.92 Å². The standard InChI is InChI=1S/C8H14N4O2S/c1-5(6-3-4-6)7-10-11-8(12(7)2)15(9,13)14/h5-6H,3-4H2,1-2H3,(H2,9,13,14). The lowest BCUT2D eigenvalue weighted by Gasteiger charge is -2.08. The normalized spacial score (nSPS) is 19.1. The van der Waals surface area contributed by atoms with E-state index >= 15 is 0 Å². The summed E-state index contributed by atoms with van der Waals surface area (Å²) in [6.45, 7) is 2.04. The maximum absolute atomic E-state index is 11.1. The molecule has 2 rings (SSSR count). The smallest absolute Gasteiger partial charge is 0.273 e. The highest BCUT2D eigenvalue weighted by Gasteiger charge is 2.33. The van der Waals surface area contributed by atoms with Gasteiger partial charge < -0.3 is 4.57 Å². The van der Waals surface area contributed by atoms with Gasteiger partial charge in [0.2, 0.25) is 0 Å². The van der Waals surface area contributed by atoms with Gasteiger partial charge in [-0.2, -0.15) is 0 Å². The Labute approximate surface area is 88.5 Å². The summed E-state index contributed by atoms with van der Waals surface area (Å²) in [5.41, 5.74) is 0. The third-order valence-electron chi connectivity index (χ3n) is 2.86. The van der Waals surface area contributed by atoms with Gasteiger partial charge in [-0.05, 0) is 18.8 Å². The number of nitrogens with zero attached hydrogens (tertiary/aromatic N) is 3. The summed E-state index contributed by atoms with van der Waals surface area (Å²) >= 11 is 0. The van der Waals surface area contributed by atoms with Crippen LogP contribution in [0.4, 0.5) is 0 Å². The molecule has 6 nitrogen and oxygen atoms in total. The van der Waals surface area contributed by atoms with Crippen LogP contribution in [0.2, 0.25) is 0 Å². The van der Waals surface area contributed by atoms with Crippen LogP contribution in [0.15, 0.2) is 5.16 Å². The molecule has 1 aliphatic rings. The van der Waals surface area contributed by atoms with Crippen LogP contribution in [-0.2, 0) is 17.1 Å². The first-order valence-electron chi connectivity index (χ1n) is 4.83. The molecular weight excluding hydrogens is 216 g/mol. The van der Waals surface area contributed by atoms with Crippen molar-refractivity contribution in [2.24, 2.45) is 18.1 Å². The second kappa shape index (κ2) is 3.28. The summed E-state index contributed by atoms with van der Waals surface area (Å²) in [7, 11) is -2.13. The average Bonchev–Trinajstić information content (AvgIpc) is 2.87. The monoisotopic (exact) mass is 230 g/mol. The summed E-state index contributed by atoms with van der Waals surface area (Å²) in [5.74, 6) is 1.56. The van der Waals surface area contributed by atoms with Crippen LogP contribution < -0.4 is 5.14 Å². The molecule has 1 aromatic heterocycles. The van der Waals surface area contributed by atoms with Crippen molar-refractivity contribution in [3.8, 4) is 0 Å². The van der Waals surface area contributed by atoms with Crippen LogP contribution in [-0.4, -0.2) is 23.2 Å². The molecule has 0 amide bonds. The minimum Gasteiger partial charge on any atom is -0.304 e. The Morgan fingerprint density at radius 3 is 2.47 bits per heavy atom. The van der Waals surface area contributed by atoms with Gasteiger partial charge in [0.25, 0.3) is 15.2 Å². The van der Waals surface area contributed by atoms with Crippen LogP contribution in [0.3, 0.4) is 0 Å². The molecule has 0 radical (unpaired) electrons. The Balaban J connectivity index is 2.39. The van der Waals surface area contributed by atoms with Gasteiger partial charge in [0.05, 0.1) is 0 Å². The van der Waals surface area contributed by atoms with Gasteiger partial charge in [-0.15, -0.1) is 10.2 Å². The largest absolute Gasteiger partial charge is 0.304 e. The zero-order valence-electron chi connectivity index (χ0n) is 8.71. The fraction of sp³-hybridized carbons (Fsp3) is 0.750. The highest BCUT2D eigenvalue weighted by molar-refractivity contribution is 7.89. The minimum atomic E-state index is -3.76. The van der Waals surface area contributed by atoms with Crippen molar-refractivity contribution in [2.75, 3.05) is 0 Å². The van der Waals surface area contributed by atoms with Gasteiger partial charge in [0.1, 0.15) is 5.82 Å². The average molecular weight is 230 g/mol. The number of rotatable bonds is 3. The number of aromatic nitrogens is 3. The fourth-order valence-electron chi connectivity index (χ4n) is 1.78.